The highest BCUT2D eigenvalue weighted by Crippen LogP contribution is 2.36. The van der Waals surface area contributed by atoms with E-state index in [4.69, 9.17) is 22.1 Å². The van der Waals surface area contributed by atoms with Gasteiger partial charge in [-0.25, -0.2) is 8.78 Å². The average Bonchev–Trinajstić information content (AvgIpc) is 3.24. The van der Waals surface area contributed by atoms with Crippen molar-refractivity contribution in [3.8, 4) is 16.5 Å². The standard InChI is InChI=1S/C19H19ClF2N4O2S/c1-9(2)26-17(14-6-5-13(29-14)16(23)27)24-25-18(26)19(3,4)28-15-11(21)7-10(20)8-12(15)22/h5-9H,1-4H3,(H2,23,27). The number of amides is 1. The molecule has 0 aliphatic carbocycles. The SMILES string of the molecule is CC(C)n1c(-c2ccc(C(N)=O)s2)nnc1C(C)(C)Oc1c(F)cc(Cl)cc1F. The fourth-order valence-corrected chi connectivity index (χ4v) is 3.91. The smallest absolute Gasteiger partial charge is 0.258 e. The van der Waals surface area contributed by atoms with Crippen LogP contribution in [0.5, 0.6) is 5.75 Å². The summed E-state index contributed by atoms with van der Waals surface area (Å²) in [4.78, 5) is 12.5. The van der Waals surface area contributed by atoms with Gasteiger partial charge in [-0.15, -0.1) is 21.5 Å². The number of carbonyl (C=O) groups excluding carboxylic acids is 1. The van der Waals surface area contributed by atoms with Crippen molar-refractivity contribution in [3.63, 3.8) is 0 Å². The van der Waals surface area contributed by atoms with Gasteiger partial charge in [-0.3, -0.25) is 4.79 Å². The van der Waals surface area contributed by atoms with Crippen LogP contribution >= 0.6 is 22.9 Å². The highest BCUT2D eigenvalue weighted by atomic mass is 35.5. The maximum Gasteiger partial charge on any atom is 0.258 e. The van der Waals surface area contributed by atoms with E-state index in [1.54, 1.807) is 30.5 Å². The summed E-state index contributed by atoms with van der Waals surface area (Å²) in [6.07, 6.45) is 0. The van der Waals surface area contributed by atoms with E-state index in [0.717, 1.165) is 12.1 Å². The monoisotopic (exact) mass is 440 g/mol. The number of ether oxygens (including phenoxy) is 1. The molecule has 0 bridgehead atoms. The maximum absolute atomic E-state index is 14.2. The molecule has 2 N–H and O–H groups in total. The molecule has 3 rings (SSSR count). The summed E-state index contributed by atoms with van der Waals surface area (Å²) in [6.45, 7) is 7.10. The fraction of sp³-hybridized carbons (Fsp3) is 0.316. The molecule has 2 aromatic heterocycles. The summed E-state index contributed by atoms with van der Waals surface area (Å²) in [7, 11) is 0. The molecule has 0 radical (unpaired) electrons. The number of nitrogens with two attached hydrogens (primary N) is 1. The second-order valence-corrected chi connectivity index (χ2v) is 8.67. The lowest BCUT2D eigenvalue weighted by Gasteiger charge is -2.28. The van der Waals surface area contributed by atoms with Crippen LogP contribution < -0.4 is 10.5 Å². The van der Waals surface area contributed by atoms with Crippen LogP contribution in [-0.4, -0.2) is 20.7 Å². The van der Waals surface area contributed by atoms with E-state index >= 15 is 0 Å². The molecule has 1 aromatic carbocycles. The van der Waals surface area contributed by atoms with Gasteiger partial charge < -0.3 is 15.0 Å². The average molecular weight is 441 g/mol. The van der Waals surface area contributed by atoms with Crippen molar-refractivity contribution in [2.24, 2.45) is 5.73 Å². The van der Waals surface area contributed by atoms with Crippen LogP contribution in [0, 0.1) is 11.6 Å². The largest absolute Gasteiger partial charge is 0.474 e. The quantitative estimate of drug-likeness (QED) is 0.589. The lowest BCUT2D eigenvalue weighted by Crippen LogP contribution is -2.31. The van der Waals surface area contributed by atoms with Crippen LogP contribution in [0.15, 0.2) is 24.3 Å². The molecule has 29 heavy (non-hydrogen) atoms. The van der Waals surface area contributed by atoms with E-state index < -0.39 is 28.9 Å². The van der Waals surface area contributed by atoms with E-state index in [-0.39, 0.29) is 11.1 Å². The first kappa shape index (κ1) is 21.2. The van der Waals surface area contributed by atoms with Gasteiger partial charge in [0.2, 0.25) is 0 Å². The second kappa shape index (κ2) is 7.72. The zero-order valence-electron chi connectivity index (χ0n) is 16.2. The van der Waals surface area contributed by atoms with Crippen LogP contribution in [0.1, 0.15) is 49.2 Å². The van der Waals surface area contributed by atoms with Crippen molar-refractivity contribution in [1.82, 2.24) is 14.8 Å². The third kappa shape index (κ3) is 4.11. The Morgan fingerprint density at radius 3 is 2.38 bits per heavy atom. The van der Waals surface area contributed by atoms with Crippen molar-refractivity contribution >= 4 is 28.8 Å². The molecule has 1 amide bonds. The van der Waals surface area contributed by atoms with Crippen molar-refractivity contribution in [2.45, 2.75) is 39.3 Å². The first-order chi connectivity index (χ1) is 13.5. The number of benzene rings is 1. The highest BCUT2D eigenvalue weighted by Gasteiger charge is 2.34. The van der Waals surface area contributed by atoms with E-state index in [1.807, 2.05) is 13.8 Å². The summed E-state index contributed by atoms with van der Waals surface area (Å²) in [6, 6.07) is 5.19. The van der Waals surface area contributed by atoms with Gasteiger partial charge in [0.1, 0.15) is 0 Å². The Balaban J connectivity index is 2.06. The molecule has 0 unspecified atom stereocenters. The second-order valence-electron chi connectivity index (χ2n) is 7.15. The van der Waals surface area contributed by atoms with Crippen LogP contribution in [0.4, 0.5) is 8.78 Å². The minimum atomic E-state index is -1.23. The van der Waals surface area contributed by atoms with Gasteiger partial charge in [-0.2, -0.15) is 0 Å². The number of nitrogens with zero attached hydrogens (tertiary/aromatic N) is 3. The van der Waals surface area contributed by atoms with Gasteiger partial charge in [0.25, 0.3) is 5.91 Å². The first-order valence-corrected chi connectivity index (χ1v) is 9.89. The molecule has 0 atom stereocenters. The van der Waals surface area contributed by atoms with Gasteiger partial charge in [0.05, 0.1) is 9.75 Å². The number of primary amides is 1. The Bertz CT molecular complexity index is 1060. The van der Waals surface area contributed by atoms with Gasteiger partial charge in [-0.1, -0.05) is 11.6 Å². The Labute approximate surface area is 175 Å². The number of carbonyl (C=O) groups is 1. The summed E-state index contributed by atoms with van der Waals surface area (Å²) < 4.78 is 35.9. The summed E-state index contributed by atoms with van der Waals surface area (Å²) >= 11 is 6.87. The lowest BCUT2D eigenvalue weighted by molar-refractivity contribution is 0.0814. The minimum Gasteiger partial charge on any atom is -0.474 e. The third-order valence-electron chi connectivity index (χ3n) is 4.14. The van der Waals surface area contributed by atoms with E-state index in [1.165, 1.54) is 11.3 Å². The molecule has 10 heteroatoms. The number of hydrogen-bond donors (Lipinski definition) is 1. The minimum absolute atomic E-state index is 0.0688. The van der Waals surface area contributed by atoms with Crippen LogP contribution in [-0.2, 0) is 5.60 Å². The molecule has 2 heterocycles. The number of aromatic nitrogens is 3. The van der Waals surface area contributed by atoms with E-state index in [9.17, 15) is 13.6 Å². The van der Waals surface area contributed by atoms with Gasteiger partial charge in [-0.05, 0) is 52.0 Å². The van der Waals surface area contributed by atoms with Crippen molar-refractivity contribution in [3.05, 3.63) is 51.6 Å². The van der Waals surface area contributed by atoms with Gasteiger partial charge >= 0.3 is 0 Å². The number of halogens is 3. The molecule has 0 saturated heterocycles. The summed E-state index contributed by atoms with van der Waals surface area (Å²) in [5, 5.41) is 8.38. The molecule has 0 saturated carbocycles. The van der Waals surface area contributed by atoms with Gasteiger partial charge in [0.15, 0.2) is 34.6 Å². The number of hydrogen-bond acceptors (Lipinski definition) is 5. The predicted octanol–water partition coefficient (Wildman–Crippen LogP) is 4.93. The summed E-state index contributed by atoms with van der Waals surface area (Å²) in [5.41, 5.74) is 4.10. The van der Waals surface area contributed by atoms with Crippen molar-refractivity contribution in [2.75, 3.05) is 0 Å². The maximum atomic E-state index is 14.2. The first-order valence-electron chi connectivity index (χ1n) is 8.70. The molecule has 154 valence electrons. The predicted molar refractivity (Wildman–Crippen MR) is 107 cm³/mol. The zero-order chi connectivity index (χ0) is 21.5. The summed E-state index contributed by atoms with van der Waals surface area (Å²) in [5.74, 6) is -2.04. The zero-order valence-corrected chi connectivity index (χ0v) is 17.7. The third-order valence-corrected chi connectivity index (χ3v) is 5.45. The van der Waals surface area contributed by atoms with Crippen LogP contribution in [0.25, 0.3) is 10.7 Å². The fourth-order valence-electron chi connectivity index (χ4n) is 2.88. The molecular weight excluding hydrogens is 422 g/mol. The lowest BCUT2D eigenvalue weighted by atomic mass is 10.1. The number of thiophene rings is 1. The van der Waals surface area contributed by atoms with E-state index in [2.05, 4.69) is 10.2 Å². The molecule has 0 spiro atoms. The Kier molecular flexibility index (Phi) is 5.64. The van der Waals surface area contributed by atoms with Gasteiger partial charge in [0, 0.05) is 11.1 Å². The Morgan fingerprint density at radius 2 is 1.86 bits per heavy atom. The topological polar surface area (TPSA) is 83.0 Å². The van der Waals surface area contributed by atoms with Crippen LogP contribution in [0.2, 0.25) is 5.02 Å². The normalized spacial score (nSPS) is 11.9. The highest BCUT2D eigenvalue weighted by molar-refractivity contribution is 7.17. The molecular formula is C19H19ClF2N4O2S. The molecule has 0 aliphatic heterocycles. The Morgan fingerprint density at radius 1 is 1.24 bits per heavy atom. The van der Waals surface area contributed by atoms with Crippen molar-refractivity contribution < 1.29 is 18.3 Å². The van der Waals surface area contributed by atoms with Crippen LogP contribution in [0.3, 0.4) is 0 Å². The number of rotatable bonds is 6. The molecule has 0 fully saturated rings. The molecule has 0 aliphatic rings. The Hall–Kier alpha value is -2.52. The van der Waals surface area contributed by atoms with Crippen molar-refractivity contribution in [1.29, 1.82) is 0 Å². The van der Waals surface area contributed by atoms with E-state index in [0.29, 0.717) is 21.4 Å². The molecule has 6 nitrogen and oxygen atoms in total. The molecule has 3 aromatic rings.